The highest BCUT2D eigenvalue weighted by molar-refractivity contribution is 9.11. The van der Waals surface area contributed by atoms with Crippen LogP contribution in [0.15, 0.2) is 33.5 Å². The van der Waals surface area contributed by atoms with Crippen molar-refractivity contribution in [2.75, 3.05) is 0 Å². The molecule has 0 aliphatic rings. The SMILES string of the molecule is CC(N)C(Sc1nccn1C)c1ccc(Br)s1. The molecule has 0 amide bonds. The van der Waals surface area contributed by atoms with Crippen LogP contribution in [0.2, 0.25) is 0 Å². The van der Waals surface area contributed by atoms with Gasteiger partial charge in [-0.05, 0) is 35.0 Å². The van der Waals surface area contributed by atoms with E-state index in [1.165, 1.54) is 4.88 Å². The Morgan fingerprint density at radius 3 is 2.76 bits per heavy atom. The standard InChI is InChI=1S/C11H14BrN3S2/c1-7(13)10(8-3-4-9(12)16-8)17-11-14-5-6-15(11)2/h3-7,10H,13H2,1-2H3. The van der Waals surface area contributed by atoms with Crippen LogP contribution in [0.1, 0.15) is 17.1 Å². The molecule has 0 aliphatic carbocycles. The molecule has 0 fully saturated rings. The number of rotatable bonds is 4. The molecule has 0 bridgehead atoms. The lowest BCUT2D eigenvalue weighted by Crippen LogP contribution is -2.22. The highest BCUT2D eigenvalue weighted by Crippen LogP contribution is 2.40. The smallest absolute Gasteiger partial charge is 0.168 e. The van der Waals surface area contributed by atoms with E-state index < -0.39 is 0 Å². The molecule has 2 heterocycles. The van der Waals surface area contributed by atoms with Crippen LogP contribution in [0.4, 0.5) is 0 Å². The summed E-state index contributed by atoms with van der Waals surface area (Å²) in [6, 6.07) is 4.27. The third kappa shape index (κ3) is 3.13. The van der Waals surface area contributed by atoms with Crippen molar-refractivity contribution in [2.24, 2.45) is 12.8 Å². The van der Waals surface area contributed by atoms with E-state index in [4.69, 9.17) is 5.73 Å². The van der Waals surface area contributed by atoms with Crippen molar-refractivity contribution in [3.63, 3.8) is 0 Å². The van der Waals surface area contributed by atoms with Crippen molar-refractivity contribution in [3.8, 4) is 0 Å². The van der Waals surface area contributed by atoms with Crippen LogP contribution in [0.25, 0.3) is 0 Å². The minimum atomic E-state index is 0.0854. The van der Waals surface area contributed by atoms with Gasteiger partial charge in [-0.25, -0.2) is 4.98 Å². The van der Waals surface area contributed by atoms with Gasteiger partial charge in [-0.3, -0.25) is 0 Å². The molecule has 92 valence electrons. The van der Waals surface area contributed by atoms with E-state index in [0.717, 1.165) is 8.94 Å². The Kier molecular flexibility index (Phi) is 4.30. The van der Waals surface area contributed by atoms with Crippen molar-refractivity contribution in [1.82, 2.24) is 9.55 Å². The number of hydrogen-bond acceptors (Lipinski definition) is 4. The fourth-order valence-electron chi connectivity index (χ4n) is 1.48. The average Bonchev–Trinajstić information content (AvgIpc) is 2.84. The Morgan fingerprint density at radius 1 is 1.53 bits per heavy atom. The summed E-state index contributed by atoms with van der Waals surface area (Å²) in [4.78, 5) is 5.61. The number of imidazole rings is 1. The van der Waals surface area contributed by atoms with E-state index in [1.807, 2.05) is 30.9 Å². The molecule has 0 spiro atoms. The number of nitrogens with zero attached hydrogens (tertiary/aromatic N) is 2. The predicted molar refractivity (Wildman–Crippen MR) is 77.5 cm³/mol. The summed E-state index contributed by atoms with van der Waals surface area (Å²) in [6.07, 6.45) is 3.76. The Balaban J connectivity index is 2.22. The lowest BCUT2D eigenvalue weighted by molar-refractivity contribution is 0.717. The number of hydrogen-bond donors (Lipinski definition) is 1. The Labute approximate surface area is 118 Å². The summed E-state index contributed by atoms with van der Waals surface area (Å²) in [5, 5.41) is 1.24. The lowest BCUT2D eigenvalue weighted by atomic mass is 10.2. The van der Waals surface area contributed by atoms with E-state index >= 15 is 0 Å². The van der Waals surface area contributed by atoms with Gasteiger partial charge in [-0.2, -0.15) is 0 Å². The topological polar surface area (TPSA) is 43.8 Å². The van der Waals surface area contributed by atoms with Crippen LogP contribution < -0.4 is 5.73 Å². The summed E-state index contributed by atoms with van der Waals surface area (Å²) in [6.45, 7) is 2.04. The van der Waals surface area contributed by atoms with Crippen molar-refractivity contribution in [3.05, 3.63) is 33.2 Å². The minimum absolute atomic E-state index is 0.0854. The summed E-state index contributed by atoms with van der Waals surface area (Å²) < 4.78 is 3.15. The molecule has 0 radical (unpaired) electrons. The maximum Gasteiger partial charge on any atom is 0.168 e. The Hall–Kier alpha value is -0.300. The summed E-state index contributed by atoms with van der Waals surface area (Å²) in [7, 11) is 2.00. The highest BCUT2D eigenvalue weighted by Gasteiger charge is 2.21. The monoisotopic (exact) mass is 331 g/mol. The van der Waals surface area contributed by atoms with Gasteiger partial charge in [0.15, 0.2) is 5.16 Å². The van der Waals surface area contributed by atoms with Gasteiger partial charge in [0.25, 0.3) is 0 Å². The van der Waals surface area contributed by atoms with Gasteiger partial charge in [-0.1, -0.05) is 11.8 Å². The maximum atomic E-state index is 6.08. The van der Waals surface area contributed by atoms with E-state index in [0.29, 0.717) is 0 Å². The molecular weight excluding hydrogens is 318 g/mol. The fraction of sp³-hybridized carbons (Fsp3) is 0.364. The number of thioether (sulfide) groups is 1. The molecule has 3 nitrogen and oxygen atoms in total. The largest absolute Gasteiger partial charge is 0.329 e. The Bertz CT molecular complexity index is 492. The molecule has 2 unspecified atom stereocenters. The van der Waals surface area contributed by atoms with E-state index in [-0.39, 0.29) is 11.3 Å². The molecule has 0 aliphatic heterocycles. The number of aryl methyl sites for hydroxylation is 1. The molecule has 2 aromatic rings. The average molecular weight is 332 g/mol. The molecule has 0 saturated carbocycles. The maximum absolute atomic E-state index is 6.08. The zero-order valence-electron chi connectivity index (χ0n) is 9.63. The quantitative estimate of drug-likeness (QED) is 0.873. The molecule has 2 N–H and O–H groups in total. The first-order valence-corrected chi connectivity index (χ1v) is 7.71. The van der Waals surface area contributed by atoms with Gasteiger partial charge in [0, 0.05) is 30.4 Å². The van der Waals surface area contributed by atoms with E-state index in [2.05, 4.69) is 33.0 Å². The zero-order valence-corrected chi connectivity index (χ0v) is 12.8. The number of nitrogens with two attached hydrogens (primary N) is 1. The molecule has 2 atom stereocenters. The molecule has 17 heavy (non-hydrogen) atoms. The number of halogens is 1. The predicted octanol–water partition coefficient (Wildman–Crippen LogP) is 3.42. The minimum Gasteiger partial charge on any atom is -0.329 e. The van der Waals surface area contributed by atoms with Crippen molar-refractivity contribution >= 4 is 39.0 Å². The van der Waals surface area contributed by atoms with Crippen LogP contribution in [-0.4, -0.2) is 15.6 Å². The summed E-state index contributed by atoms with van der Waals surface area (Å²) in [5.74, 6) is 0. The van der Waals surface area contributed by atoms with Crippen LogP contribution in [0, 0.1) is 0 Å². The van der Waals surface area contributed by atoms with Gasteiger partial charge in [0.1, 0.15) is 0 Å². The van der Waals surface area contributed by atoms with Gasteiger partial charge in [0.05, 0.1) is 9.04 Å². The van der Waals surface area contributed by atoms with Crippen LogP contribution in [0.3, 0.4) is 0 Å². The molecule has 6 heteroatoms. The summed E-state index contributed by atoms with van der Waals surface area (Å²) >= 11 is 6.93. The second-order valence-electron chi connectivity index (χ2n) is 3.86. The van der Waals surface area contributed by atoms with Crippen LogP contribution in [-0.2, 0) is 7.05 Å². The molecular formula is C11H14BrN3S2. The first kappa shape index (κ1) is 13.1. The molecule has 0 aromatic carbocycles. The highest BCUT2D eigenvalue weighted by atomic mass is 79.9. The number of thiophene rings is 1. The van der Waals surface area contributed by atoms with Crippen molar-refractivity contribution < 1.29 is 0 Å². The third-order valence-electron chi connectivity index (χ3n) is 2.36. The Morgan fingerprint density at radius 2 is 2.29 bits per heavy atom. The zero-order chi connectivity index (χ0) is 12.4. The van der Waals surface area contributed by atoms with Gasteiger partial charge in [0.2, 0.25) is 0 Å². The van der Waals surface area contributed by atoms with Crippen molar-refractivity contribution in [1.29, 1.82) is 0 Å². The summed E-state index contributed by atoms with van der Waals surface area (Å²) in [5.41, 5.74) is 6.08. The van der Waals surface area contributed by atoms with E-state index in [1.54, 1.807) is 23.1 Å². The molecule has 0 saturated heterocycles. The molecule has 2 rings (SSSR count). The van der Waals surface area contributed by atoms with Gasteiger partial charge in [-0.15, -0.1) is 11.3 Å². The fourth-order valence-corrected chi connectivity index (χ4v) is 4.28. The number of aromatic nitrogens is 2. The van der Waals surface area contributed by atoms with Gasteiger partial charge < -0.3 is 10.3 Å². The first-order chi connectivity index (χ1) is 8.08. The first-order valence-electron chi connectivity index (χ1n) is 5.22. The van der Waals surface area contributed by atoms with Crippen molar-refractivity contribution in [2.45, 2.75) is 23.4 Å². The second kappa shape index (κ2) is 5.56. The van der Waals surface area contributed by atoms with E-state index in [9.17, 15) is 0 Å². The van der Waals surface area contributed by atoms with Crippen LogP contribution in [0.5, 0.6) is 0 Å². The second-order valence-corrected chi connectivity index (χ2v) is 7.46. The van der Waals surface area contributed by atoms with Gasteiger partial charge >= 0.3 is 0 Å². The third-order valence-corrected chi connectivity index (χ3v) is 5.76. The lowest BCUT2D eigenvalue weighted by Gasteiger charge is -2.18. The van der Waals surface area contributed by atoms with Crippen LogP contribution >= 0.6 is 39.0 Å². The molecule has 2 aromatic heterocycles. The normalized spacial score (nSPS) is 14.8.